The van der Waals surface area contributed by atoms with E-state index in [2.05, 4.69) is 34.0 Å². The molecule has 0 aliphatic rings. The van der Waals surface area contributed by atoms with Gasteiger partial charge in [0, 0.05) is 0 Å². The van der Waals surface area contributed by atoms with Crippen molar-refractivity contribution in [3.63, 3.8) is 0 Å². The SMILES string of the molecule is CSC(=[Se])c1ccccc1. The molecule has 0 fully saturated rings. The molecule has 0 radical (unpaired) electrons. The zero-order valence-electron chi connectivity index (χ0n) is 5.70. The number of benzene rings is 1. The van der Waals surface area contributed by atoms with Gasteiger partial charge in [-0.3, -0.25) is 0 Å². The van der Waals surface area contributed by atoms with E-state index in [1.54, 1.807) is 11.8 Å². The molecule has 0 aliphatic carbocycles. The van der Waals surface area contributed by atoms with Gasteiger partial charge in [0.05, 0.1) is 0 Å². The summed E-state index contributed by atoms with van der Waals surface area (Å²) < 4.78 is 1.25. The van der Waals surface area contributed by atoms with Crippen molar-refractivity contribution in [2.24, 2.45) is 0 Å². The fraction of sp³-hybridized carbons (Fsp3) is 0.125. The molecular weight excluding hydrogens is 207 g/mol. The molecule has 0 amide bonds. The van der Waals surface area contributed by atoms with Crippen molar-refractivity contribution < 1.29 is 0 Å². The molecule has 10 heavy (non-hydrogen) atoms. The van der Waals surface area contributed by atoms with Gasteiger partial charge in [-0.25, -0.2) is 0 Å². The molecule has 0 aliphatic heterocycles. The molecule has 0 atom stereocenters. The van der Waals surface area contributed by atoms with Crippen molar-refractivity contribution >= 4 is 31.1 Å². The van der Waals surface area contributed by atoms with Crippen LogP contribution >= 0.6 is 11.8 Å². The number of thioether (sulfide) groups is 1. The number of hydrogen-bond donors (Lipinski definition) is 0. The van der Waals surface area contributed by atoms with Crippen molar-refractivity contribution in [3.8, 4) is 0 Å². The molecule has 0 N–H and O–H groups in total. The normalized spacial score (nSPS) is 9.30. The Kier molecular flexibility index (Phi) is 3.20. The third-order valence-electron chi connectivity index (χ3n) is 1.19. The van der Waals surface area contributed by atoms with Gasteiger partial charge in [0.15, 0.2) is 0 Å². The molecular formula is C8H8SSe. The summed E-state index contributed by atoms with van der Waals surface area (Å²) in [7, 11) is 0. The van der Waals surface area contributed by atoms with Crippen LogP contribution in [-0.2, 0) is 0 Å². The first-order chi connectivity index (χ1) is 4.84. The Bertz CT molecular complexity index is 218. The quantitative estimate of drug-likeness (QED) is 0.676. The van der Waals surface area contributed by atoms with Gasteiger partial charge in [-0.05, 0) is 0 Å². The first-order valence-corrected chi connectivity index (χ1v) is 5.06. The minimum atomic E-state index is 1.25. The summed E-state index contributed by atoms with van der Waals surface area (Å²) in [6.45, 7) is 0. The van der Waals surface area contributed by atoms with E-state index in [0.717, 1.165) is 0 Å². The Morgan fingerprint density at radius 1 is 1.30 bits per heavy atom. The van der Waals surface area contributed by atoms with Crippen LogP contribution in [0.15, 0.2) is 30.3 Å². The Hall–Kier alpha value is -0.0405. The summed E-state index contributed by atoms with van der Waals surface area (Å²) in [6.07, 6.45) is 2.07. The van der Waals surface area contributed by atoms with Crippen molar-refractivity contribution in [1.82, 2.24) is 0 Å². The van der Waals surface area contributed by atoms with Gasteiger partial charge in [0.1, 0.15) is 0 Å². The van der Waals surface area contributed by atoms with Gasteiger partial charge in [-0.15, -0.1) is 0 Å². The maximum absolute atomic E-state index is 3.02. The molecule has 0 saturated heterocycles. The molecule has 1 rings (SSSR count). The molecule has 1 aromatic carbocycles. The summed E-state index contributed by atoms with van der Waals surface area (Å²) in [5.74, 6) is 0. The zero-order valence-corrected chi connectivity index (χ0v) is 8.23. The van der Waals surface area contributed by atoms with Gasteiger partial charge in [-0.1, -0.05) is 0 Å². The molecule has 0 aromatic heterocycles. The van der Waals surface area contributed by atoms with Crippen molar-refractivity contribution in [2.45, 2.75) is 0 Å². The van der Waals surface area contributed by atoms with Gasteiger partial charge in [0.25, 0.3) is 0 Å². The number of rotatable bonds is 2. The Morgan fingerprint density at radius 2 is 1.90 bits per heavy atom. The van der Waals surface area contributed by atoms with E-state index in [4.69, 9.17) is 0 Å². The standard InChI is InChI=1S/C8H8SSe/c1-9-8(10)7-5-3-2-4-6-7/h2-6H,1H3. The van der Waals surface area contributed by atoms with E-state index in [-0.39, 0.29) is 0 Å². The first kappa shape index (κ1) is 8.06. The van der Waals surface area contributed by atoms with E-state index in [9.17, 15) is 0 Å². The third-order valence-corrected chi connectivity index (χ3v) is 3.34. The van der Waals surface area contributed by atoms with Crippen LogP contribution in [0, 0.1) is 0 Å². The first-order valence-electron chi connectivity index (χ1n) is 2.98. The molecule has 2 heteroatoms. The summed E-state index contributed by atoms with van der Waals surface area (Å²) in [4.78, 5) is 0. The third kappa shape index (κ3) is 1.98. The van der Waals surface area contributed by atoms with Crippen LogP contribution in [0.3, 0.4) is 0 Å². The average Bonchev–Trinajstić information content (AvgIpc) is 2.05. The van der Waals surface area contributed by atoms with Gasteiger partial charge >= 0.3 is 73.2 Å². The van der Waals surface area contributed by atoms with Crippen LogP contribution in [-0.4, -0.2) is 25.6 Å². The Labute approximate surface area is 73.4 Å². The number of hydrogen-bond acceptors (Lipinski definition) is 1. The second kappa shape index (κ2) is 3.97. The maximum atomic E-state index is 3.02. The molecule has 0 spiro atoms. The van der Waals surface area contributed by atoms with Crippen LogP contribution in [0.2, 0.25) is 0 Å². The average molecular weight is 215 g/mol. The minimum absolute atomic E-state index is 1.25. The van der Waals surface area contributed by atoms with Crippen molar-refractivity contribution in [1.29, 1.82) is 0 Å². The van der Waals surface area contributed by atoms with E-state index in [1.165, 1.54) is 9.31 Å². The molecule has 52 valence electrons. The second-order valence-corrected chi connectivity index (χ2v) is 4.11. The van der Waals surface area contributed by atoms with E-state index >= 15 is 0 Å². The van der Waals surface area contributed by atoms with Crippen LogP contribution in [0.4, 0.5) is 0 Å². The predicted molar refractivity (Wildman–Crippen MR) is 49.8 cm³/mol. The molecule has 1 aromatic rings. The molecule has 0 unspecified atom stereocenters. The summed E-state index contributed by atoms with van der Waals surface area (Å²) in [5, 5.41) is 0. The zero-order chi connectivity index (χ0) is 7.40. The summed E-state index contributed by atoms with van der Waals surface area (Å²) in [5.41, 5.74) is 1.27. The fourth-order valence-electron chi connectivity index (χ4n) is 0.692. The summed E-state index contributed by atoms with van der Waals surface area (Å²) >= 11 is 4.76. The van der Waals surface area contributed by atoms with E-state index < -0.39 is 0 Å². The predicted octanol–water partition coefficient (Wildman–Crippen LogP) is 1.70. The monoisotopic (exact) mass is 216 g/mol. The van der Waals surface area contributed by atoms with Gasteiger partial charge in [-0.2, -0.15) is 0 Å². The molecule has 0 saturated carbocycles. The molecule has 0 bridgehead atoms. The molecule has 0 heterocycles. The van der Waals surface area contributed by atoms with Gasteiger partial charge in [0.2, 0.25) is 0 Å². The van der Waals surface area contributed by atoms with Crippen LogP contribution in [0.25, 0.3) is 0 Å². The molecule has 0 nitrogen and oxygen atoms in total. The topological polar surface area (TPSA) is 0 Å². The van der Waals surface area contributed by atoms with Crippen LogP contribution < -0.4 is 0 Å². The fourth-order valence-corrected chi connectivity index (χ4v) is 1.35. The second-order valence-electron chi connectivity index (χ2n) is 1.86. The Morgan fingerprint density at radius 3 is 2.40 bits per heavy atom. The Balaban J connectivity index is 2.85. The van der Waals surface area contributed by atoms with Crippen molar-refractivity contribution in [3.05, 3.63) is 35.9 Å². The van der Waals surface area contributed by atoms with Crippen molar-refractivity contribution in [2.75, 3.05) is 6.26 Å². The van der Waals surface area contributed by atoms with Gasteiger partial charge < -0.3 is 0 Å². The van der Waals surface area contributed by atoms with E-state index in [1.807, 2.05) is 18.2 Å². The van der Waals surface area contributed by atoms with E-state index in [0.29, 0.717) is 0 Å². The summed E-state index contributed by atoms with van der Waals surface area (Å²) in [6, 6.07) is 10.3. The van der Waals surface area contributed by atoms with Crippen LogP contribution in [0.1, 0.15) is 5.56 Å². The van der Waals surface area contributed by atoms with Crippen LogP contribution in [0.5, 0.6) is 0 Å².